The molecule has 7 heteroatoms. The Morgan fingerprint density at radius 2 is 1.97 bits per heavy atom. The zero-order chi connectivity index (χ0) is 20.9. The lowest BCUT2D eigenvalue weighted by atomic mass is 10.1. The number of hydrogen-bond donors (Lipinski definition) is 0. The lowest BCUT2D eigenvalue weighted by Crippen LogP contribution is -2.17. The van der Waals surface area contributed by atoms with Gasteiger partial charge in [-0.15, -0.1) is 16.4 Å². The number of thiazole rings is 1. The van der Waals surface area contributed by atoms with Crippen LogP contribution in [0.2, 0.25) is 5.02 Å². The van der Waals surface area contributed by atoms with Crippen molar-refractivity contribution in [1.82, 2.24) is 4.57 Å². The fourth-order valence-corrected chi connectivity index (χ4v) is 4.10. The van der Waals surface area contributed by atoms with Crippen LogP contribution in [0.4, 0.5) is 0 Å². The zero-order valence-electron chi connectivity index (χ0n) is 16.4. The molecular formula is C23H20ClN3O2S. The Balaban J connectivity index is 1.76. The number of para-hydroxylation sites is 1. The van der Waals surface area contributed by atoms with Crippen LogP contribution in [-0.4, -0.2) is 10.8 Å². The molecule has 0 N–H and O–H groups in total. The number of rotatable bonds is 6. The van der Waals surface area contributed by atoms with E-state index in [2.05, 4.69) is 17.1 Å². The van der Waals surface area contributed by atoms with Crippen molar-refractivity contribution in [2.45, 2.75) is 26.3 Å². The van der Waals surface area contributed by atoms with Gasteiger partial charge in [-0.05, 0) is 36.2 Å². The van der Waals surface area contributed by atoms with E-state index >= 15 is 0 Å². The molecule has 5 nitrogen and oxygen atoms in total. The average Bonchev–Trinajstić information content (AvgIpc) is 3.15. The topological polar surface area (TPSA) is 59.9 Å². The molecule has 0 bridgehead atoms. The quantitative estimate of drug-likeness (QED) is 0.220. The number of fused-ring (bicyclic) bond motifs is 1. The maximum Gasteiger partial charge on any atom is 0.345 e. The Labute approximate surface area is 182 Å². The summed E-state index contributed by atoms with van der Waals surface area (Å²) in [4.78, 5) is 13.4. The fourth-order valence-electron chi connectivity index (χ4n) is 3.09. The van der Waals surface area contributed by atoms with E-state index in [1.165, 1.54) is 11.3 Å². The van der Waals surface area contributed by atoms with E-state index in [9.17, 15) is 4.79 Å². The highest BCUT2D eigenvalue weighted by molar-refractivity contribution is 7.07. The second-order valence-electron chi connectivity index (χ2n) is 6.79. The third-order valence-electron chi connectivity index (χ3n) is 4.67. The van der Waals surface area contributed by atoms with E-state index < -0.39 is 0 Å². The number of halogens is 1. The maximum absolute atomic E-state index is 12.6. The molecule has 0 aliphatic rings. The van der Waals surface area contributed by atoms with Gasteiger partial charge in [0.15, 0.2) is 0 Å². The monoisotopic (exact) mass is 437 g/mol. The Morgan fingerprint density at radius 1 is 1.17 bits per heavy atom. The van der Waals surface area contributed by atoms with Crippen molar-refractivity contribution in [3.63, 3.8) is 0 Å². The minimum absolute atomic E-state index is 0.354. The van der Waals surface area contributed by atoms with E-state index in [1.54, 1.807) is 12.3 Å². The normalized spacial score (nSPS) is 12.3. The number of aromatic nitrogens is 1. The second-order valence-corrected chi connectivity index (χ2v) is 8.06. The van der Waals surface area contributed by atoms with E-state index in [0.717, 1.165) is 40.8 Å². The molecule has 2 aromatic heterocycles. The van der Waals surface area contributed by atoms with E-state index in [0.29, 0.717) is 16.2 Å². The predicted molar refractivity (Wildman–Crippen MR) is 123 cm³/mol. The third-order valence-corrected chi connectivity index (χ3v) is 5.78. The van der Waals surface area contributed by atoms with Gasteiger partial charge in [-0.3, -0.25) is 0 Å². The van der Waals surface area contributed by atoms with Crippen LogP contribution in [0.25, 0.3) is 22.2 Å². The molecule has 4 rings (SSSR count). The summed E-state index contributed by atoms with van der Waals surface area (Å²) in [5.74, 6) is 0. The first-order valence-corrected chi connectivity index (χ1v) is 11.0. The van der Waals surface area contributed by atoms with Crippen molar-refractivity contribution in [3.8, 4) is 11.3 Å². The van der Waals surface area contributed by atoms with Crippen LogP contribution in [0.1, 0.15) is 25.3 Å². The minimum atomic E-state index is -0.354. The van der Waals surface area contributed by atoms with Gasteiger partial charge in [-0.2, -0.15) is 5.10 Å². The Hall–Kier alpha value is -2.96. The smallest absolute Gasteiger partial charge is 0.345 e. The molecule has 152 valence electrons. The molecule has 0 amide bonds. The van der Waals surface area contributed by atoms with Crippen LogP contribution in [0.5, 0.6) is 0 Å². The average molecular weight is 438 g/mol. The van der Waals surface area contributed by atoms with Crippen molar-refractivity contribution in [2.24, 2.45) is 10.2 Å². The van der Waals surface area contributed by atoms with Crippen LogP contribution in [0.3, 0.4) is 0 Å². The minimum Gasteiger partial charge on any atom is -0.422 e. The lowest BCUT2D eigenvalue weighted by Gasteiger charge is -2.08. The van der Waals surface area contributed by atoms with Crippen molar-refractivity contribution in [2.75, 3.05) is 0 Å². The van der Waals surface area contributed by atoms with Gasteiger partial charge < -0.3 is 8.98 Å². The number of unbranched alkanes of at least 4 members (excludes halogenated alkanes) is 1. The molecule has 0 aliphatic heterocycles. The zero-order valence-corrected chi connectivity index (χ0v) is 18.0. The van der Waals surface area contributed by atoms with Crippen LogP contribution in [-0.2, 0) is 6.54 Å². The molecule has 0 radical (unpaired) electrons. The summed E-state index contributed by atoms with van der Waals surface area (Å²) in [5, 5.41) is 12.1. The molecule has 2 aromatic carbocycles. The van der Waals surface area contributed by atoms with Gasteiger partial charge in [0.1, 0.15) is 5.58 Å². The third kappa shape index (κ3) is 4.45. The molecule has 0 saturated carbocycles. The first-order valence-electron chi connectivity index (χ1n) is 9.70. The van der Waals surface area contributed by atoms with E-state index in [1.807, 2.05) is 58.5 Å². The maximum atomic E-state index is 12.6. The van der Waals surface area contributed by atoms with Crippen molar-refractivity contribution in [3.05, 3.63) is 85.8 Å². The standard InChI is InChI=1S/C23H20ClN3O2S/c1-2-3-12-27-20(19-13-17-6-4-5-7-21(17)29-22(19)28)15-30-23(27)26-25-14-16-8-10-18(24)11-9-16/h4-11,13-15H,2-3,12H2,1H3/b25-14+,26-23+. The summed E-state index contributed by atoms with van der Waals surface area (Å²) in [6.07, 6.45) is 3.68. The predicted octanol–water partition coefficient (Wildman–Crippen LogP) is 5.71. The summed E-state index contributed by atoms with van der Waals surface area (Å²) >= 11 is 7.37. The molecule has 0 fully saturated rings. The molecule has 0 spiro atoms. The first kappa shape index (κ1) is 20.3. The van der Waals surface area contributed by atoms with Crippen molar-refractivity contribution in [1.29, 1.82) is 0 Å². The molecule has 0 saturated heterocycles. The first-order chi connectivity index (χ1) is 14.7. The molecule has 0 unspecified atom stereocenters. The largest absolute Gasteiger partial charge is 0.422 e. The summed E-state index contributed by atoms with van der Waals surface area (Å²) in [6, 6.07) is 16.8. The number of hydrogen-bond acceptors (Lipinski definition) is 5. The fraction of sp³-hybridized carbons (Fsp3) is 0.174. The van der Waals surface area contributed by atoms with Gasteiger partial charge in [-0.1, -0.05) is 55.3 Å². The summed E-state index contributed by atoms with van der Waals surface area (Å²) < 4.78 is 7.57. The molecule has 30 heavy (non-hydrogen) atoms. The van der Waals surface area contributed by atoms with E-state index in [-0.39, 0.29) is 5.63 Å². The second kappa shape index (κ2) is 9.24. The van der Waals surface area contributed by atoms with Crippen molar-refractivity contribution < 1.29 is 4.42 Å². The van der Waals surface area contributed by atoms with Gasteiger partial charge in [0, 0.05) is 22.3 Å². The van der Waals surface area contributed by atoms with Gasteiger partial charge in [-0.25, -0.2) is 4.79 Å². The highest BCUT2D eigenvalue weighted by atomic mass is 35.5. The molecule has 4 aromatic rings. The summed E-state index contributed by atoms with van der Waals surface area (Å²) in [6.45, 7) is 2.88. The highest BCUT2D eigenvalue weighted by Crippen LogP contribution is 2.22. The molecular weight excluding hydrogens is 418 g/mol. The summed E-state index contributed by atoms with van der Waals surface area (Å²) in [7, 11) is 0. The number of nitrogens with zero attached hydrogens (tertiary/aromatic N) is 3. The molecule has 0 aliphatic carbocycles. The van der Waals surface area contributed by atoms with Crippen LogP contribution >= 0.6 is 22.9 Å². The Kier molecular flexibility index (Phi) is 6.26. The molecule has 2 heterocycles. The van der Waals surface area contributed by atoms with Gasteiger partial charge in [0.25, 0.3) is 0 Å². The summed E-state index contributed by atoms with van der Waals surface area (Å²) in [5.41, 5.74) is 2.47. The lowest BCUT2D eigenvalue weighted by molar-refractivity contribution is 0.560. The highest BCUT2D eigenvalue weighted by Gasteiger charge is 2.14. The Bertz CT molecular complexity index is 1320. The van der Waals surface area contributed by atoms with E-state index in [4.69, 9.17) is 16.0 Å². The van der Waals surface area contributed by atoms with Gasteiger partial charge in [0.05, 0.1) is 17.5 Å². The Morgan fingerprint density at radius 3 is 2.77 bits per heavy atom. The van der Waals surface area contributed by atoms with Crippen LogP contribution < -0.4 is 10.4 Å². The van der Waals surface area contributed by atoms with Crippen LogP contribution in [0, 0.1) is 0 Å². The number of benzene rings is 2. The molecule has 0 atom stereocenters. The SMILES string of the molecule is CCCCn1c(-c2cc3ccccc3oc2=O)cs/c1=N/N=C/c1ccc(Cl)cc1. The van der Waals surface area contributed by atoms with Crippen LogP contribution in [0.15, 0.2) is 79.4 Å². The van der Waals surface area contributed by atoms with Crippen molar-refractivity contribution >= 4 is 40.1 Å². The van der Waals surface area contributed by atoms with Gasteiger partial charge >= 0.3 is 5.63 Å². The van der Waals surface area contributed by atoms with Gasteiger partial charge in [0.2, 0.25) is 4.80 Å².